The van der Waals surface area contributed by atoms with Gasteiger partial charge in [0.2, 0.25) is 0 Å². The monoisotopic (exact) mass is 373 g/mol. The van der Waals surface area contributed by atoms with Crippen molar-refractivity contribution >= 4 is 39.5 Å². The summed E-state index contributed by atoms with van der Waals surface area (Å²) in [6, 6.07) is 28.9. The molecule has 0 N–H and O–H groups in total. The molecule has 118 valence electrons. The first kappa shape index (κ1) is 15.3. The summed E-state index contributed by atoms with van der Waals surface area (Å²) in [5.74, 6) is 0. The van der Waals surface area contributed by atoms with Crippen LogP contribution in [0.5, 0.6) is 0 Å². The third kappa shape index (κ3) is 2.70. The molecule has 0 aromatic heterocycles. The van der Waals surface area contributed by atoms with Gasteiger partial charge < -0.3 is 0 Å². The van der Waals surface area contributed by atoms with Crippen LogP contribution < -0.4 is 13.6 Å². The van der Waals surface area contributed by atoms with Crippen LogP contribution in [0.2, 0.25) is 0 Å². The second-order valence-electron chi connectivity index (χ2n) is 6.20. The molecule has 0 fully saturated rings. The van der Waals surface area contributed by atoms with E-state index in [2.05, 4.69) is 104 Å². The Morgan fingerprint density at radius 3 is 2.08 bits per heavy atom. The van der Waals surface area contributed by atoms with Gasteiger partial charge in [0.1, 0.15) is 0 Å². The molecule has 3 aromatic rings. The van der Waals surface area contributed by atoms with Crippen molar-refractivity contribution in [2.24, 2.45) is 0 Å². The predicted molar refractivity (Wildman–Crippen MR) is 107 cm³/mol. The molecule has 0 spiro atoms. The molecule has 24 heavy (non-hydrogen) atoms. The maximum absolute atomic E-state index is 2.41. The summed E-state index contributed by atoms with van der Waals surface area (Å²) in [6.07, 6.45) is 2.41. The Bertz CT molecular complexity index is 879. The van der Waals surface area contributed by atoms with Crippen LogP contribution in [0.15, 0.2) is 78.9 Å². The Morgan fingerprint density at radius 2 is 1.38 bits per heavy atom. The van der Waals surface area contributed by atoms with Gasteiger partial charge >= 0.3 is 148 Å². The second kappa shape index (κ2) is 6.34. The predicted octanol–water partition coefficient (Wildman–Crippen LogP) is 3.46. The van der Waals surface area contributed by atoms with Gasteiger partial charge in [0, 0.05) is 0 Å². The maximum atomic E-state index is 2.41. The molecular weight excluding hydrogens is 353 g/mol. The molecule has 1 aliphatic heterocycles. The van der Waals surface area contributed by atoms with Gasteiger partial charge in [0.15, 0.2) is 0 Å². The number of rotatable bonds is 3. The van der Waals surface area contributed by atoms with Crippen LogP contribution in [0.25, 0.3) is 10.4 Å². The Labute approximate surface area is 148 Å². The fourth-order valence-electron chi connectivity index (χ4n) is 3.15. The Hall–Kier alpha value is -2.24. The van der Waals surface area contributed by atoms with Gasteiger partial charge in [-0.25, -0.2) is 0 Å². The first-order chi connectivity index (χ1) is 11.7. The second-order valence-corrected chi connectivity index (χ2v) is 10.7. The average molecular weight is 373 g/mol. The van der Waals surface area contributed by atoms with Crippen molar-refractivity contribution in [1.29, 1.82) is 0 Å². The van der Waals surface area contributed by atoms with Gasteiger partial charge in [-0.05, 0) is 0 Å². The van der Waals surface area contributed by atoms with E-state index in [1.807, 2.05) is 0 Å². The van der Waals surface area contributed by atoms with E-state index < -0.39 is 14.7 Å². The van der Waals surface area contributed by atoms with Gasteiger partial charge in [-0.15, -0.1) is 0 Å². The summed E-state index contributed by atoms with van der Waals surface area (Å²) in [5, 5.41) is 0. The quantitative estimate of drug-likeness (QED) is 0.636. The van der Waals surface area contributed by atoms with E-state index in [1.54, 1.807) is 4.35 Å². The first-order valence-electron chi connectivity index (χ1n) is 8.18. The minimum absolute atomic E-state index is 1.24. The summed E-state index contributed by atoms with van der Waals surface area (Å²) in [7, 11) is 4.17. The van der Waals surface area contributed by atoms with Crippen LogP contribution in [0, 0.1) is 0 Å². The number of hydrogen-bond donors (Lipinski definition) is 0. The molecule has 2 heteroatoms. The van der Waals surface area contributed by atoms with E-state index in [-0.39, 0.29) is 0 Å². The molecule has 1 aliphatic rings. The van der Waals surface area contributed by atoms with Crippen LogP contribution >= 0.6 is 0 Å². The molecule has 0 saturated carbocycles. The number of benzene rings is 3. The Morgan fingerprint density at radius 1 is 0.708 bits per heavy atom. The number of nitrogens with zero attached hydrogens (tertiary/aromatic N) is 1. The summed E-state index contributed by atoms with van der Waals surface area (Å²) in [5.41, 5.74) is 4.00. The molecule has 0 aliphatic carbocycles. The number of hydrogen-bond acceptors (Lipinski definition) is 1. The third-order valence-corrected chi connectivity index (χ3v) is 9.80. The number of anilines is 1. The Balaban J connectivity index is 1.81. The van der Waals surface area contributed by atoms with Crippen molar-refractivity contribution in [2.75, 3.05) is 19.0 Å². The summed E-state index contributed by atoms with van der Waals surface area (Å²) in [4.78, 5) is 2.15. The first-order valence-corrected chi connectivity index (χ1v) is 11.0. The van der Waals surface area contributed by atoms with Crippen molar-refractivity contribution in [2.45, 2.75) is 0 Å². The van der Waals surface area contributed by atoms with Crippen molar-refractivity contribution in [3.05, 3.63) is 90.0 Å². The van der Waals surface area contributed by atoms with E-state index in [0.29, 0.717) is 0 Å². The molecule has 4 rings (SSSR count). The molecule has 0 bridgehead atoms. The molecule has 0 radical (unpaired) electrons. The zero-order chi connectivity index (χ0) is 16.5. The van der Waals surface area contributed by atoms with Gasteiger partial charge in [0.25, 0.3) is 0 Å². The van der Waals surface area contributed by atoms with E-state index in [9.17, 15) is 0 Å². The zero-order valence-electron chi connectivity index (χ0n) is 14.0. The minimum atomic E-state index is -1.46. The van der Waals surface area contributed by atoms with E-state index in [4.69, 9.17) is 0 Å². The fraction of sp³-hybridized carbons (Fsp3) is 0.0909. The zero-order valence-corrected chi connectivity index (χ0v) is 15.9. The van der Waals surface area contributed by atoms with Crippen molar-refractivity contribution in [3.8, 4) is 0 Å². The van der Waals surface area contributed by atoms with E-state index >= 15 is 0 Å². The van der Waals surface area contributed by atoms with Crippen molar-refractivity contribution < 1.29 is 0 Å². The van der Waals surface area contributed by atoms with Gasteiger partial charge in [0.05, 0.1) is 0 Å². The van der Waals surface area contributed by atoms with Crippen LogP contribution in [-0.2, 0) is 0 Å². The third-order valence-electron chi connectivity index (χ3n) is 4.40. The van der Waals surface area contributed by atoms with Crippen LogP contribution in [-0.4, -0.2) is 28.7 Å². The molecule has 0 saturated heterocycles. The summed E-state index contributed by atoms with van der Waals surface area (Å²) in [6.45, 7) is 0. The Kier molecular flexibility index (Phi) is 4.04. The molecule has 1 atom stereocenters. The van der Waals surface area contributed by atoms with Gasteiger partial charge in [-0.1, -0.05) is 0 Å². The SMILES string of the molecule is CN(C)c1ccc(C2=Cc3ccccc3[As]2c2ccccc2)cc1. The molecule has 1 nitrogen and oxygen atoms in total. The van der Waals surface area contributed by atoms with Crippen molar-refractivity contribution in [3.63, 3.8) is 0 Å². The molecule has 1 heterocycles. The number of fused-ring (bicyclic) bond motifs is 1. The van der Waals surface area contributed by atoms with Gasteiger partial charge in [-0.3, -0.25) is 0 Å². The van der Waals surface area contributed by atoms with Gasteiger partial charge in [-0.2, -0.15) is 0 Å². The fourth-order valence-corrected chi connectivity index (χ4v) is 8.60. The van der Waals surface area contributed by atoms with Crippen molar-refractivity contribution in [1.82, 2.24) is 0 Å². The molecule has 1 unspecified atom stereocenters. The molecular formula is C22H20AsN. The normalized spacial score (nSPS) is 15.8. The molecule has 0 amide bonds. The summed E-state index contributed by atoms with van der Waals surface area (Å²) < 4.78 is 4.57. The standard InChI is InChI=1S/C22H20AsN/c1-24(2)20-14-12-17(13-15-20)22-16-18-8-6-7-11-21(18)23(22)19-9-4-3-5-10-19/h3-16H,1-2H3. The molecule has 3 aromatic carbocycles. The summed E-state index contributed by atoms with van der Waals surface area (Å²) >= 11 is -1.46. The van der Waals surface area contributed by atoms with Crippen LogP contribution in [0.1, 0.15) is 11.1 Å². The van der Waals surface area contributed by atoms with E-state index in [1.165, 1.54) is 25.5 Å². The topological polar surface area (TPSA) is 3.24 Å². The van der Waals surface area contributed by atoms with Crippen LogP contribution in [0.4, 0.5) is 5.69 Å². The van der Waals surface area contributed by atoms with E-state index in [0.717, 1.165) is 0 Å². The van der Waals surface area contributed by atoms with Crippen LogP contribution in [0.3, 0.4) is 0 Å². The average Bonchev–Trinajstić information content (AvgIpc) is 3.02.